The van der Waals surface area contributed by atoms with Crippen molar-refractivity contribution in [2.45, 2.75) is 52.0 Å². The molecule has 0 spiro atoms. The first-order chi connectivity index (χ1) is 9.33. The summed E-state index contributed by atoms with van der Waals surface area (Å²) in [6.07, 6.45) is -0.268. The predicted molar refractivity (Wildman–Crippen MR) is 79.4 cm³/mol. The molecule has 1 rings (SSSR count). The van der Waals surface area contributed by atoms with Crippen LogP contribution < -0.4 is 5.32 Å². The van der Waals surface area contributed by atoms with E-state index in [1.165, 1.54) is 0 Å². The minimum Gasteiger partial charge on any atom is -0.459 e. The number of rotatable bonds is 6. The third kappa shape index (κ3) is 5.72. The Balaban J connectivity index is 2.54. The lowest BCUT2D eigenvalue weighted by Gasteiger charge is -2.27. The van der Waals surface area contributed by atoms with E-state index in [2.05, 4.69) is 5.32 Å². The first kappa shape index (κ1) is 16.7. The minimum atomic E-state index is -0.495. The van der Waals surface area contributed by atoms with Crippen molar-refractivity contribution in [3.8, 4) is 0 Å². The molecule has 0 saturated heterocycles. The second-order valence-electron chi connectivity index (χ2n) is 5.80. The zero-order valence-corrected chi connectivity index (χ0v) is 13.0. The zero-order chi connectivity index (χ0) is 15.2. The average molecular weight is 279 g/mol. The lowest BCUT2D eigenvalue weighted by atomic mass is 10.1. The highest BCUT2D eigenvalue weighted by atomic mass is 16.6. The Morgan fingerprint density at radius 1 is 1.25 bits per heavy atom. The number of likely N-dealkylation sites (N-methyl/N-ethyl adjacent to an activating group) is 1. The molecule has 2 atom stereocenters. The van der Waals surface area contributed by atoms with Crippen molar-refractivity contribution < 1.29 is 14.3 Å². The van der Waals surface area contributed by atoms with Crippen molar-refractivity contribution in [1.29, 1.82) is 0 Å². The summed E-state index contributed by atoms with van der Waals surface area (Å²) >= 11 is 0. The van der Waals surface area contributed by atoms with E-state index >= 15 is 0 Å². The van der Waals surface area contributed by atoms with Crippen LogP contribution in [0.5, 0.6) is 0 Å². The number of nitrogens with one attached hydrogen (secondary N) is 1. The number of esters is 1. The van der Waals surface area contributed by atoms with Crippen molar-refractivity contribution in [2.24, 2.45) is 0 Å². The van der Waals surface area contributed by atoms with Gasteiger partial charge in [-0.25, -0.2) is 0 Å². The molecule has 0 aliphatic carbocycles. The quantitative estimate of drug-likeness (QED) is 0.813. The van der Waals surface area contributed by atoms with Crippen LogP contribution in [0.3, 0.4) is 0 Å². The highest BCUT2D eigenvalue weighted by Gasteiger charge is 2.29. The van der Waals surface area contributed by atoms with E-state index in [1.807, 2.05) is 58.0 Å². The summed E-state index contributed by atoms with van der Waals surface area (Å²) in [6, 6.07) is 9.41. The van der Waals surface area contributed by atoms with E-state index in [0.29, 0.717) is 6.61 Å². The summed E-state index contributed by atoms with van der Waals surface area (Å²) in [4.78, 5) is 12.1. The van der Waals surface area contributed by atoms with Gasteiger partial charge >= 0.3 is 5.97 Å². The molecule has 112 valence electrons. The Morgan fingerprint density at radius 2 is 1.85 bits per heavy atom. The number of carbonyl (C=O) groups excluding carboxylic acids is 1. The molecule has 0 heterocycles. The third-order valence-electron chi connectivity index (χ3n) is 2.80. The molecular weight excluding hydrogens is 254 g/mol. The molecular formula is C16H25NO3. The topological polar surface area (TPSA) is 47.6 Å². The van der Waals surface area contributed by atoms with Gasteiger partial charge in [0.1, 0.15) is 11.6 Å². The van der Waals surface area contributed by atoms with Gasteiger partial charge in [-0.15, -0.1) is 0 Å². The summed E-state index contributed by atoms with van der Waals surface area (Å²) in [6.45, 7) is 7.91. The number of hydrogen-bond donors (Lipinski definition) is 1. The molecule has 0 fully saturated rings. The summed E-state index contributed by atoms with van der Waals surface area (Å²) in [5, 5.41) is 2.96. The van der Waals surface area contributed by atoms with Gasteiger partial charge in [-0.05, 0) is 40.3 Å². The van der Waals surface area contributed by atoms with Crippen molar-refractivity contribution >= 4 is 5.97 Å². The first-order valence-electron chi connectivity index (χ1n) is 6.89. The first-order valence-corrected chi connectivity index (χ1v) is 6.89. The van der Waals surface area contributed by atoms with Crippen LogP contribution in [-0.2, 0) is 20.9 Å². The van der Waals surface area contributed by atoms with Crippen molar-refractivity contribution in [1.82, 2.24) is 5.32 Å². The van der Waals surface area contributed by atoms with Crippen LogP contribution in [0, 0.1) is 0 Å². The summed E-state index contributed by atoms with van der Waals surface area (Å²) in [5.74, 6) is -0.291. The van der Waals surface area contributed by atoms with Gasteiger partial charge in [0.25, 0.3) is 0 Å². The van der Waals surface area contributed by atoms with Crippen molar-refractivity contribution in [3.05, 3.63) is 35.9 Å². The maximum absolute atomic E-state index is 12.1. The predicted octanol–water partition coefficient (Wildman–Crippen LogP) is 2.52. The van der Waals surface area contributed by atoms with Gasteiger partial charge in [-0.2, -0.15) is 0 Å². The zero-order valence-electron chi connectivity index (χ0n) is 13.0. The summed E-state index contributed by atoms with van der Waals surface area (Å²) < 4.78 is 11.1. The molecule has 0 amide bonds. The van der Waals surface area contributed by atoms with Crippen LogP contribution in [0.4, 0.5) is 0 Å². The Morgan fingerprint density at radius 3 is 2.35 bits per heavy atom. The van der Waals surface area contributed by atoms with E-state index in [9.17, 15) is 4.79 Å². The van der Waals surface area contributed by atoms with Gasteiger partial charge < -0.3 is 14.8 Å². The molecule has 0 saturated carbocycles. The molecule has 0 aliphatic rings. The molecule has 0 radical (unpaired) electrons. The van der Waals surface area contributed by atoms with Gasteiger partial charge in [-0.3, -0.25) is 4.79 Å². The lowest BCUT2D eigenvalue weighted by molar-refractivity contribution is -0.161. The molecule has 0 aromatic heterocycles. The van der Waals surface area contributed by atoms with Crippen LogP contribution >= 0.6 is 0 Å². The molecule has 0 aliphatic heterocycles. The smallest absolute Gasteiger partial charge is 0.326 e. The number of hydrogen-bond acceptors (Lipinski definition) is 4. The van der Waals surface area contributed by atoms with E-state index in [-0.39, 0.29) is 12.1 Å². The fourth-order valence-electron chi connectivity index (χ4n) is 1.81. The van der Waals surface area contributed by atoms with Crippen molar-refractivity contribution in [2.75, 3.05) is 7.05 Å². The molecule has 0 unspecified atom stereocenters. The van der Waals surface area contributed by atoms with Gasteiger partial charge in [-0.1, -0.05) is 30.3 Å². The average Bonchev–Trinajstić information content (AvgIpc) is 2.36. The Bertz CT molecular complexity index is 411. The molecule has 1 aromatic carbocycles. The van der Waals surface area contributed by atoms with Crippen LogP contribution in [0.15, 0.2) is 30.3 Å². The molecule has 4 heteroatoms. The van der Waals surface area contributed by atoms with E-state index in [1.54, 1.807) is 7.05 Å². The van der Waals surface area contributed by atoms with Gasteiger partial charge in [0.2, 0.25) is 0 Å². The summed E-state index contributed by atoms with van der Waals surface area (Å²) in [7, 11) is 1.73. The Hall–Kier alpha value is -1.39. The van der Waals surface area contributed by atoms with Gasteiger partial charge in [0, 0.05) is 0 Å². The van der Waals surface area contributed by atoms with Crippen molar-refractivity contribution in [3.63, 3.8) is 0 Å². The minimum absolute atomic E-state index is 0.268. The lowest BCUT2D eigenvalue weighted by Crippen LogP contribution is -2.47. The summed E-state index contributed by atoms with van der Waals surface area (Å²) in [5.41, 5.74) is 0.587. The molecule has 0 bridgehead atoms. The molecule has 4 nitrogen and oxygen atoms in total. The Kier molecular flexibility index (Phi) is 6.17. The second kappa shape index (κ2) is 7.41. The molecule has 1 aromatic rings. The highest BCUT2D eigenvalue weighted by molar-refractivity contribution is 5.76. The van der Waals surface area contributed by atoms with Crippen LogP contribution in [-0.4, -0.2) is 30.8 Å². The van der Waals surface area contributed by atoms with Crippen LogP contribution in [0.1, 0.15) is 33.3 Å². The van der Waals surface area contributed by atoms with Crippen LogP contribution in [0.25, 0.3) is 0 Å². The normalized spacial score (nSPS) is 14.7. The largest absolute Gasteiger partial charge is 0.459 e. The maximum Gasteiger partial charge on any atom is 0.326 e. The monoisotopic (exact) mass is 279 g/mol. The standard InChI is InChI=1S/C16H25NO3/c1-12(19-11-13-9-7-6-8-10-13)14(17-5)15(18)20-16(2,3)4/h6-10,12,14,17H,11H2,1-5H3/t12-,14+/m1/s1. The fourth-order valence-corrected chi connectivity index (χ4v) is 1.81. The SMILES string of the molecule is CN[C@H](C(=O)OC(C)(C)C)[C@@H](C)OCc1ccccc1. The highest BCUT2D eigenvalue weighted by Crippen LogP contribution is 2.12. The van der Waals surface area contributed by atoms with Crippen LogP contribution in [0.2, 0.25) is 0 Å². The van der Waals surface area contributed by atoms with E-state index < -0.39 is 11.6 Å². The number of carbonyl (C=O) groups is 1. The maximum atomic E-state index is 12.1. The molecule has 20 heavy (non-hydrogen) atoms. The van der Waals surface area contributed by atoms with Gasteiger partial charge in [0.15, 0.2) is 0 Å². The number of benzene rings is 1. The van der Waals surface area contributed by atoms with E-state index in [4.69, 9.17) is 9.47 Å². The van der Waals surface area contributed by atoms with Gasteiger partial charge in [0.05, 0.1) is 12.7 Å². The third-order valence-corrected chi connectivity index (χ3v) is 2.80. The fraction of sp³-hybridized carbons (Fsp3) is 0.562. The second-order valence-corrected chi connectivity index (χ2v) is 5.80. The van der Waals surface area contributed by atoms with E-state index in [0.717, 1.165) is 5.56 Å². The number of ether oxygens (including phenoxy) is 2. The molecule has 1 N–H and O–H groups in total. The Labute approximate surface area is 121 Å².